The van der Waals surface area contributed by atoms with Gasteiger partial charge in [0.05, 0.1) is 12.4 Å². The van der Waals surface area contributed by atoms with Gasteiger partial charge in [0.25, 0.3) is 0 Å². The lowest BCUT2D eigenvalue weighted by atomic mass is 9.72. The molecule has 1 saturated carbocycles. The first kappa shape index (κ1) is 20.0. The van der Waals surface area contributed by atoms with Gasteiger partial charge in [0.1, 0.15) is 5.78 Å². The SMILES string of the molecule is COC(=O)C(=C(F)SC1CC(C(C)(C)C)CCC1=O)C(F)(F)F. The van der Waals surface area contributed by atoms with Crippen molar-refractivity contribution < 1.29 is 31.9 Å². The summed E-state index contributed by atoms with van der Waals surface area (Å²) in [7, 11) is 0.743. The second-order valence-electron chi connectivity index (χ2n) is 6.55. The molecule has 0 saturated heterocycles. The van der Waals surface area contributed by atoms with Crippen molar-refractivity contribution in [3.8, 4) is 0 Å². The average Bonchev–Trinajstić information content (AvgIpc) is 2.38. The fourth-order valence-corrected chi connectivity index (χ4v) is 3.62. The number of methoxy groups -OCH3 is 1. The topological polar surface area (TPSA) is 43.4 Å². The molecule has 0 amide bonds. The Labute approximate surface area is 136 Å². The van der Waals surface area contributed by atoms with Gasteiger partial charge in [-0.25, -0.2) is 4.79 Å². The average molecular weight is 356 g/mol. The Bertz CT molecular complexity index is 506. The Morgan fingerprint density at radius 3 is 2.26 bits per heavy atom. The highest BCUT2D eigenvalue weighted by molar-refractivity contribution is 8.04. The van der Waals surface area contributed by atoms with E-state index in [0.717, 1.165) is 7.11 Å². The summed E-state index contributed by atoms with van der Waals surface area (Å²) in [5.41, 5.74) is -2.12. The number of thioether (sulfide) groups is 1. The summed E-state index contributed by atoms with van der Waals surface area (Å²) in [6, 6.07) is 0. The van der Waals surface area contributed by atoms with Crippen LogP contribution in [0.15, 0.2) is 10.7 Å². The molecule has 0 aliphatic heterocycles. The highest BCUT2D eigenvalue weighted by Crippen LogP contribution is 2.44. The Kier molecular flexibility index (Phi) is 6.29. The quantitative estimate of drug-likeness (QED) is 0.427. The molecule has 2 unspecified atom stereocenters. The normalized spacial score (nSPS) is 24.3. The van der Waals surface area contributed by atoms with Gasteiger partial charge in [-0.05, 0) is 24.2 Å². The number of ether oxygens (including phenoxy) is 1. The monoisotopic (exact) mass is 356 g/mol. The van der Waals surface area contributed by atoms with E-state index in [4.69, 9.17) is 0 Å². The molecule has 23 heavy (non-hydrogen) atoms. The van der Waals surface area contributed by atoms with Crippen LogP contribution in [0.1, 0.15) is 40.0 Å². The highest BCUT2D eigenvalue weighted by atomic mass is 32.2. The van der Waals surface area contributed by atoms with E-state index in [9.17, 15) is 27.2 Å². The van der Waals surface area contributed by atoms with Crippen LogP contribution < -0.4 is 0 Å². The Morgan fingerprint density at radius 2 is 1.83 bits per heavy atom. The molecule has 1 fully saturated rings. The van der Waals surface area contributed by atoms with Gasteiger partial charge in [-0.15, -0.1) is 0 Å². The maximum absolute atomic E-state index is 14.1. The molecule has 3 nitrogen and oxygen atoms in total. The van der Waals surface area contributed by atoms with E-state index < -0.39 is 28.1 Å². The zero-order valence-corrected chi connectivity index (χ0v) is 14.2. The number of alkyl halides is 3. The molecule has 0 spiro atoms. The van der Waals surface area contributed by atoms with Crippen molar-refractivity contribution >= 4 is 23.5 Å². The largest absolute Gasteiger partial charge is 0.465 e. The standard InChI is InChI=1S/C15H20F4O3S/c1-14(2,3)8-5-6-9(20)10(7-8)23-12(16)11(13(21)22-4)15(17,18)19/h8,10H,5-7H2,1-4H3. The fourth-order valence-electron chi connectivity index (χ4n) is 2.48. The van der Waals surface area contributed by atoms with Crippen LogP contribution in [0.4, 0.5) is 17.6 Å². The lowest BCUT2D eigenvalue weighted by molar-refractivity contribution is -0.148. The summed E-state index contributed by atoms with van der Waals surface area (Å²) in [6.45, 7) is 5.91. The third-order valence-corrected chi connectivity index (χ3v) is 5.09. The molecular weight excluding hydrogens is 336 g/mol. The van der Waals surface area contributed by atoms with Gasteiger partial charge in [0.2, 0.25) is 0 Å². The van der Waals surface area contributed by atoms with Crippen LogP contribution in [-0.4, -0.2) is 30.3 Å². The Morgan fingerprint density at radius 1 is 1.26 bits per heavy atom. The molecule has 132 valence electrons. The van der Waals surface area contributed by atoms with Crippen molar-refractivity contribution in [3.63, 3.8) is 0 Å². The van der Waals surface area contributed by atoms with Gasteiger partial charge in [-0.3, -0.25) is 4.79 Å². The molecule has 8 heteroatoms. The molecule has 0 aromatic carbocycles. The van der Waals surface area contributed by atoms with Crippen LogP contribution in [0.25, 0.3) is 0 Å². The zero-order valence-electron chi connectivity index (χ0n) is 13.4. The van der Waals surface area contributed by atoms with Crippen LogP contribution in [0.5, 0.6) is 0 Å². The molecule has 1 aliphatic carbocycles. The molecule has 2 atom stereocenters. The predicted octanol–water partition coefficient (Wildman–Crippen LogP) is 4.42. The minimum Gasteiger partial charge on any atom is -0.465 e. The number of Topliss-reactive ketones (excluding diaryl/α,β-unsaturated/α-hetero) is 1. The van der Waals surface area contributed by atoms with Crippen molar-refractivity contribution in [2.24, 2.45) is 11.3 Å². The molecule has 1 rings (SSSR count). The number of ketones is 1. The molecular formula is C15H20F4O3S. The number of carbonyl (C=O) groups excluding carboxylic acids is 2. The summed E-state index contributed by atoms with van der Waals surface area (Å²) in [6.07, 6.45) is -4.06. The lowest BCUT2D eigenvalue weighted by Gasteiger charge is -2.36. The number of esters is 1. The van der Waals surface area contributed by atoms with Crippen molar-refractivity contribution in [1.29, 1.82) is 0 Å². The third-order valence-electron chi connectivity index (χ3n) is 3.94. The Balaban J connectivity index is 3.04. The van der Waals surface area contributed by atoms with Crippen LogP contribution in [0, 0.1) is 11.3 Å². The highest BCUT2D eigenvalue weighted by Gasteiger charge is 2.45. The van der Waals surface area contributed by atoms with E-state index in [-0.39, 0.29) is 41.7 Å². The number of hydrogen-bond donors (Lipinski definition) is 0. The van der Waals surface area contributed by atoms with E-state index in [1.807, 2.05) is 20.8 Å². The van der Waals surface area contributed by atoms with Crippen molar-refractivity contribution in [2.45, 2.75) is 51.5 Å². The second kappa shape index (κ2) is 7.23. The number of carbonyl (C=O) groups is 2. The molecule has 1 aliphatic rings. The summed E-state index contributed by atoms with van der Waals surface area (Å²) in [4.78, 5) is 23.1. The van der Waals surface area contributed by atoms with Gasteiger partial charge in [-0.1, -0.05) is 32.5 Å². The van der Waals surface area contributed by atoms with Crippen LogP contribution >= 0.6 is 11.8 Å². The van der Waals surface area contributed by atoms with E-state index in [2.05, 4.69) is 4.74 Å². The van der Waals surface area contributed by atoms with E-state index in [1.165, 1.54) is 0 Å². The summed E-state index contributed by atoms with van der Waals surface area (Å²) < 4.78 is 56.5. The smallest absolute Gasteiger partial charge is 0.426 e. The molecule has 0 aromatic rings. The fraction of sp³-hybridized carbons (Fsp3) is 0.733. The minimum absolute atomic E-state index is 0.0953. The van der Waals surface area contributed by atoms with E-state index >= 15 is 0 Å². The van der Waals surface area contributed by atoms with Crippen LogP contribution in [0.2, 0.25) is 0 Å². The third kappa shape index (κ3) is 5.22. The first-order valence-corrected chi connectivity index (χ1v) is 8.00. The molecule has 0 N–H and O–H groups in total. The second-order valence-corrected chi connectivity index (χ2v) is 7.71. The minimum atomic E-state index is -5.18. The Hall–Kier alpha value is -1.05. The summed E-state index contributed by atoms with van der Waals surface area (Å²) in [5.74, 6) is -1.99. The maximum Gasteiger partial charge on any atom is 0.426 e. The van der Waals surface area contributed by atoms with Gasteiger partial charge in [0, 0.05) is 6.42 Å². The van der Waals surface area contributed by atoms with Crippen LogP contribution in [0.3, 0.4) is 0 Å². The van der Waals surface area contributed by atoms with Crippen molar-refractivity contribution in [1.82, 2.24) is 0 Å². The van der Waals surface area contributed by atoms with E-state index in [1.54, 1.807) is 0 Å². The molecule has 0 radical (unpaired) electrons. The van der Waals surface area contributed by atoms with Gasteiger partial charge in [0.15, 0.2) is 10.7 Å². The van der Waals surface area contributed by atoms with E-state index in [0.29, 0.717) is 6.42 Å². The van der Waals surface area contributed by atoms with Crippen LogP contribution in [-0.2, 0) is 14.3 Å². The summed E-state index contributed by atoms with van der Waals surface area (Å²) >= 11 is 0.170. The number of halogens is 4. The van der Waals surface area contributed by atoms with Crippen molar-refractivity contribution in [2.75, 3.05) is 7.11 Å². The maximum atomic E-state index is 14.1. The number of hydrogen-bond acceptors (Lipinski definition) is 4. The van der Waals surface area contributed by atoms with Gasteiger partial charge < -0.3 is 4.74 Å². The molecule has 0 aromatic heterocycles. The predicted molar refractivity (Wildman–Crippen MR) is 79.4 cm³/mol. The summed E-state index contributed by atoms with van der Waals surface area (Å²) in [5, 5.41) is -2.63. The van der Waals surface area contributed by atoms with Gasteiger partial charge in [-0.2, -0.15) is 17.6 Å². The zero-order chi connectivity index (χ0) is 18.0. The van der Waals surface area contributed by atoms with Crippen molar-refractivity contribution in [3.05, 3.63) is 10.7 Å². The first-order valence-electron chi connectivity index (χ1n) is 7.12. The number of rotatable bonds is 3. The molecule has 0 heterocycles. The van der Waals surface area contributed by atoms with Gasteiger partial charge >= 0.3 is 12.1 Å². The first-order chi connectivity index (χ1) is 10.4. The lowest BCUT2D eigenvalue weighted by Crippen LogP contribution is -2.34. The molecule has 0 bridgehead atoms.